The lowest BCUT2D eigenvalue weighted by atomic mass is 10.2. The number of thioether (sulfide) groups is 1. The van der Waals surface area contributed by atoms with Gasteiger partial charge in [0.25, 0.3) is 5.91 Å². The van der Waals surface area contributed by atoms with E-state index in [-0.39, 0.29) is 18.3 Å². The fourth-order valence-electron chi connectivity index (χ4n) is 2.44. The molecule has 2 aromatic rings. The predicted molar refractivity (Wildman–Crippen MR) is 106 cm³/mol. The lowest BCUT2D eigenvalue weighted by molar-refractivity contribution is -0.154. The Kier molecular flexibility index (Phi) is 7.61. The van der Waals surface area contributed by atoms with E-state index in [1.54, 1.807) is 37.0 Å². The van der Waals surface area contributed by atoms with Gasteiger partial charge >= 0.3 is 5.97 Å². The van der Waals surface area contributed by atoms with Gasteiger partial charge in [0.15, 0.2) is 6.10 Å². The van der Waals surface area contributed by atoms with E-state index in [1.165, 1.54) is 30.0 Å². The minimum atomic E-state index is -0.931. The van der Waals surface area contributed by atoms with Crippen LogP contribution in [0.25, 0.3) is 6.08 Å². The number of rotatable bonds is 7. The number of esters is 1. The van der Waals surface area contributed by atoms with Gasteiger partial charge in [-0.3, -0.25) is 4.79 Å². The maximum Gasteiger partial charge on any atom is 0.331 e. The second-order valence-electron chi connectivity index (χ2n) is 6.01. The van der Waals surface area contributed by atoms with Crippen molar-refractivity contribution >= 4 is 29.7 Å². The van der Waals surface area contributed by atoms with Gasteiger partial charge in [-0.25, -0.2) is 9.18 Å². The van der Waals surface area contributed by atoms with Crippen molar-refractivity contribution in [1.29, 1.82) is 0 Å². The molecule has 0 saturated carbocycles. The molecule has 0 spiro atoms. The molecule has 6 heteroatoms. The summed E-state index contributed by atoms with van der Waals surface area (Å²) in [7, 11) is 1.58. The molecule has 0 fully saturated rings. The average molecular weight is 387 g/mol. The van der Waals surface area contributed by atoms with E-state index in [1.807, 2.05) is 30.5 Å². The molecule has 0 aliphatic carbocycles. The molecule has 0 N–H and O–H groups in total. The van der Waals surface area contributed by atoms with Crippen molar-refractivity contribution in [3.05, 3.63) is 71.6 Å². The zero-order valence-corrected chi connectivity index (χ0v) is 16.3. The van der Waals surface area contributed by atoms with Crippen LogP contribution >= 0.6 is 11.8 Å². The molecular weight excluding hydrogens is 365 g/mol. The first-order valence-corrected chi connectivity index (χ1v) is 9.63. The highest BCUT2D eigenvalue weighted by atomic mass is 32.2. The van der Waals surface area contributed by atoms with Crippen LogP contribution in [0.4, 0.5) is 4.39 Å². The van der Waals surface area contributed by atoms with Crippen molar-refractivity contribution in [1.82, 2.24) is 4.90 Å². The molecule has 2 rings (SSSR count). The van der Waals surface area contributed by atoms with Crippen LogP contribution in [-0.4, -0.2) is 36.2 Å². The lowest BCUT2D eigenvalue weighted by Gasteiger charge is -2.21. The van der Waals surface area contributed by atoms with Crippen LogP contribution in [0.1, 0.15) is 18.1 Å². The second-order valence-corrected chi connectivity index (χ2v) is 6.89. The zero-order chi connectivity index (χ0) is 19.8. The minimum absolute atomic E-state index is 0.232. The first-order chi connectivity index (χ1) is 12.9. The molecule has 0 aliphatic rings. The normalized spacial score (nSPS) is 12.0. The summed E-state index contributed by atoms with van der Waals surface area (Å²) in [6, 6.07) is 13.8. The Morgan fingerprint density at radius 3 is 2.56 bits per heavy atom. The molecule has 4 nitrogen and oxygen atoms in total. The standard InChI is InChI=1S/C21H22FNO3S/c1-15(21(25)23(2)14-17-5-4-6-18(22)13-17)26-20(24)12-9-16-7-10-19(27-3)11-8-16/h4-13,15H,14H2,1-3H3/b12-9+/t15-/m0/s1. The van der Waals surface area contributed by atoms with E-state index in [4.69, 9.17) is 4.74 Å². The monoisotopic (exact) mass is 387 g/mol. The number of likely N-dealkylation sites (N-methyl/N-ethyl adjacent to an activating group) is 1. The van der Waals surface area contributed by atoms with Crippen LogP contribution in [0.15, 0.2) is 59.5 Å². The van der Waals surface area contributed by atoms with Gasteiger partial charge in [0.05, 0.1) is 0 Å². The largest absolute Gasteiger partial charge is 0.449 e. The Morgan fingerprint density at radius 1 is 1.22 bits per heavy atom. The molecule has 0 unspecified atom stereocenters. The van der Waals surface area contributed by atoms with Crippen LogP contribution in [0.5, 0.6) is 0 Å². The fraction of sp³-hybridized carbons (Fsp3) is 0.238. The van der Waals surface area contributed by atoms with E-state index in [9.17, 15) is 14.0 Å². The molecule has 1 atom stereocenters. The lowest BCUT2D eigenvalue weighted by Crippen LogP contribution is -2.36. The highest BCUT2D eigenvalue weighted by molar-refractivity contribution is 7.98. The quantitative estimate of drug-likeness (QED) is 0.407. The molecule has 2 aromatic carbocycles. The van der Waals surface area contributed by atoms with Gasteiger partial charge in [-0.15, -0.1) is 11.8 Å². The molecule has 142 valence electrons. The van der Waals surface area contributed by atoms with Crippen molar-refractivity contribution in [2.75, 3.05) is 13.3 Å². The van der Waals surface area contributed by atoms with Gasteiger partial charge in [-0.1, -0.05) is 24.3 Å². The number of benzene rings is 2. The number of carbonyl (C=O) groups is 2. The summed E-state index contributed by atoms with van der Waals surface area (Å²) in [6.45, 7) is 1.75. The second kappa shape index (κ2) is 9.92. The maximum absolute atomic E-state index is 13.2. The van der Waals surface area contributed by atoms with Crippen LogP contribution in [-0.2, 0) is 20.9 Å². The highest BCUT2D eigenvalue weighted by Crippen LogP contribution is 2.15. The highest BCUT2D eigenvalue weighted by Gasteiger charge is 2.20. The van der Waals surface area contributed by atoms with E-state index >= 15 is 0 Å². The predicted octanol–water partition coefficient (Wildman–Crippen LogP) is 4.15. The SMILES string of the molecule is CSc1ccc(/C=C/C(=O)O[C@@H](C)C(=O)N(C)Cc2cccc(F)c2)cc1. The van der Waals surface area contributed by atoms with Crippen molar-refractivity contribution in [2.24, 2.45) is 0 Å². The van der Waals surface area contributed by atoms with E-state index in [2.05, 4.69) is 0 Å². The van der Waals surface area contributed by atoms with Gasteiger partial charge in [-0.05, 0) is 54.6 Å². The molecule has 0 bridgehead atoms. The summed E-state index contributed by atoms with van der Waals surface area (Å²) in [5.41, 5.74) is 1.53. The summed E-state index contributed by atoms with van der Waals surface area (Å²) in [5.74, 6) is -1.31. The first-order valence-electron chi connectivity index (χ1n) is 8.41. The number of hydrogen-bond donors (Lipinski definition) is 0. The summed E-state index contributed by atoms with van der Waals surface area (Å²) in [6.07, 6.45) is 4.00. The molecule has 1 amide bonds. The summed E-state index contributed by atoms with van der Waals surface area (Å²) < 4.78 is 18.4. The number of amides is 1. The third-order valence-electron chi connectivity index (χ3n) is 3.85. The molecule has 0 radical (unpaired) electrons. The van der Waals surface area contributed by atoms with E-state index < -0.39 is 12.1 Å². The van der Waals surface area contributed by atoms with Crippen LogP contribution in [0, 0.1) is 5.82 Å². The Bertz CT molecular complexity index is 820. The first kappa shape index (κ1) is 20.7. The zero-order valence-electron chi connectivity index (χ0n) is 15.5. The maximum atomic E-state index is 13.2. The van der Waals surface area contributed by atoms with Crippen molar-refractivity contribution in [3.8, 4) is 0 Å². The van der Waals surface area contributed by atoms with E-state index in [0.717, 1.165) is 10.5 Å². The number of ether oxygens (including phenoxy) is 1. The fourth-order valence-corrected chi connectivity index (χ4v) is 2.85. The molecule has 27 heavy (non-hydrogen) atoms. The molecule has 0 saturated heterocycles. The summed E-state index contributed by atoms with van der Waals surface area (Å²) in [4.78, 5) is 26.8. The number of hydrogen-bond acceptors (Lipinski definition) is 4. The van der Waals surface area contributed by atoms with Gasteiger partial charge in [0.1, 0.15) is 5.82 Å². The Labute approximate surface area is 163 Å². The third kappa shape index (κ3) is 6.57. The van der Waals surface area contributed by atoms with Crippen molar-refractivity contribution < 1.29 is 18.7 Å². The van der Waals surface area contributed by atoms with Crippen LogP contribution < -0.4 is 0 Å². The van der Waals surface area contributed by atoms with Crippen LogP contribution in [0.3, 0.4) is 0 Å². The molecule has 0 aromatic heterocycles. The van der Waals surface area contributed by atoms with Crippen LogP contribution in [0.2, 0.25) is 0 Å². The topological polar surface area (TPSA) is 46.6 Å². The van der Waals surface area contributed by atoms with Gasteiger partial charge < -0.3 is 9.64 Å². The smallest absolute Gasteiger partial charge is 0.331 e. The molecule has 0 heterocycles. The Hall–Kier alpha value is -2.60. The summed E-state index contributed by atoms with van der Waals surface area (Å²) in [5, 5.41) is 0. The minimum Gasteiger partial charge on any atom is -0.449 e. The van der Waals surface area contributed by atoms with Gasteiger partial charge in [-0.2, -0.15) is 0 Å². The Morgan fingerprint density at radius 2 is 1.93 bits per heavy atom. The Balaban J connectivity index is 1.88. The third-order valence-corrected chi connectivity index (χ3v) is 4.60. The summed E-state index contributed by atoms with van der Waals surface area (Å²) >= 11 is 1.64. The number of halogens is 1. The number of nitrogens with zero attached hydrogens (tertiary/aromatic N) is 1. The van der Waals surface area contributed by atoms with Crippen molar-refractivity contribution in [2.45, 2.75) is 24.5 Å². The molecule has 0 aliphatic heterocycles. The number of carbonyl (C=O) groups excluding carboxylic acids is 2. The van der Waals surface area contributed by atoms with E-state index in [0.29, 0.717) is 5.56 Å². The van der Waals surface area contributed by atoms with Gasteiger partial charge in [0.2, 0.25) is 0 Å². The van der Waals surface area contributed by atoms with Gasteiger partial charge in [0, 0.05) is 24.6 Å². The average Bonchev–Trinajstić information content (AvgIpc) is 2.66. The van der Waals surface area contributed by atoms with Crippen molar-refractivity contribution in [3.63, 3.8) is 0 Å². The molecular formula is C21H22FNO3S.